The Balaban J connectivity index is 1.56. The van der Waals surface area contributed by atoms with Crippen molar-refractivity contribution in [2.75, 3.05) is 12.0 Å². The smallest absolute Gasteiger partial charge is 0.255 e. The summed E-state index contributed by atoms with van der Waals surface area (Å²) in [6, 6.07) is 13.2. The molecule has 3 aromatic heterocycles. The Labute approximate surface area is 180 Å². The van der Waals surface area contributed by atoms with Gasteiger partial charge in [-0.15, -0.1) is 10.2 Å². The highest BCUT2D eigenvalue weighted by Crippen LogP contribution is 2.19. The highest BCUT2D eigenvalue weighted by molar-refractivity contribution is 9.10. The molecule has 0 aliphatic heterocycles. The number of amides is 1. The summed E-state index contributed by atoms with van der Waals surface area (Å²) >= 11 is 5.15. The Kier molecular flexibility index (Phi) is 5.96. The molecule has 0 aliphatic carbocycles. The topological polar surface area (TPSA) is 77.1 Å². The number of rotatable bonds is 7. The molecule has 0 saturated heterocycles. The first-order chi connectivity index (χ1) is 14.2. The van der Waals surface area contributed by atoms with Crippen molar-refractivity contribution in [3.8, 4) is 5.69 Å². The van der Waals surface area contributed by atoms with Gasteiger partial charge >= 0.3 is 0 Å². The number of halogens is 1. The van der Waals surface area contributed by atoms with Gasteiger partial charge in [0.25, 0.3) is 5.91 Å². The first-order valence-electron chi connectivity index (χ1n) is 9.06. The maximum Gasteiger partial charge on any atom is 0.255 e. The Bertz CT molecular complexity index is 1120. The molecule has 9 heteroatoms. The van der Waals surface area contributed by atoms with Gasteiger partial charge in [-0.25, -0.2) is 4.68 Å². The van der Waals surface area contributed by atoms with E-state index in [1.165, 1.54) is 0 Å². The average molecular weight is 471 g/mol. The van der Waals surface area contributed by atoms with Crippen LogP contribution in [0.3, 0.4) is 0 Å². The summed E-state index contributed by atoms with van der Waals surface area (Å²) in [5.74, 6) is 1.43. The first-order valence-corrected chi connectivity index (χ1v) is 11.2. The lowest BCUT2D eigenvalue weighted by molar-refractivity contribution is 0.0934. The second-order valence-electron chi connectivity index (χ2n) is 6.44. The Morgan fingerprint density at radius 2 is 2.03 bits per heavy atom. The summed E-state index contributed by atoms with van der Waals surface area (Å²) in [6.07, 6.45) is 8.01. The van der Waals surface area contributed by atoms with E-state index in [1.807, 2.05) is 59.3 Å². The lowest BCUT2D eigenvalue weighted by Gasteiger charge is -2.16. The standard InChI is InChI=1S/C20H19BrN6OS/c1-29-11-9-17(19-25-24-18-4-2-3-10-26(18)19)23-20(28)14-12-22-27(13-14)16-7-5-15(21)6-8-16/h2-8,10,12-13,17H,9,11H2,1H3,(H,23,28). The van der Waals surface area contributed by atoms with Crippen molar-refractivity contribution in [3.05, 3.63) is 76.9 Å². The van der Waals surface area contributed by atoms with Crippen LogP contribution in [0.2, 0.25) is 0 Å². The van der Waals surface area contributed by atoms with E-state index < -0.39 is 0 Å². The van der Waals surface area contributed by atoms with Crippen LogP contribution in [0.25, 0.3) is 11.3 Å². The predicted molar refractivity (Wildman–Crippen MR) is 117 cm³/mol. The molecule has 0 radical (unpaired) electrons. The summed E-state index contributed by atoms with van der Waals surface area (Å²) in [5, 5.41) is 16.0. The van der Waals surface area contributed by atoms with Crippen LogP contribution in [0, 0.1) is 0 Å². The summed E-state index contributed by atoms with van der Waals surface area (Å²) in [7, 11) is 0. The van der Waals surface area contributed by atoms with E-state index >= 15 is 0 Å². The van der Waals surface area contributed by atoms with Crippen molar-refractivity contribution in [2.24, 2.45) is 0 Å². The fraction of sp³-hybridized carbons (Fsp3) is 0.200. The van der Waals surface area contributed by atoms with Crippen molar-refractivity contribution >= 4 is 39.2 Å². The third-order valence-electron chi connectivity index (χ3n) is 4.50. The zero-order chi connectivity index (χ0) is 20.2. The van der Waals surface area contributed by atoms with Crippen molar-refractivity contribution in [3.63, 3.8) is 0 Å². The van der Waals surface area contributed by atoms with Crippen LogP contribution in [0.15, 0.2) is 65.5 Å². The van der Waals surface area contributed by atoms with Gasteiger partial charge in [-0.3, -0.25) is 9.20 Å². The average Bonchev–Trinajstić information content (AvgIpc) is 3.39. The number of aromatic nitrogens is 5. The predicted octanol–water partition coefficient (Wildman–Crippen LogP) is 3.90. The molecule has 1 unspecified atom stereocenters. The maximum atomic E-state index is 12.9. The lowest BCUT2D eigenvalue weighted by atomic mass is 10.2. The van der Waals surface area contributed by atoms with E-state index in [9.17, 15) is 4.79 Å². The van der Waals surface area contributed by atoms with Crippen LogP contribution in [-0.4, -0.2) is 42.3 Å². The largest absolute Gasteiger partial charge is 0.342 e. The van der Waals surface area contributed by atoms with Gasteiger partial charge in [0.2, 0.25) is 0 Å². The molecule has 0 bridgehead atoms. The fourth-order valence-corrected chi connectivity index (χ4v) is 3.75. The summed E-state index contributed by atoms with van der Waals surface area (Å²) in [6.45, 7) is 0. The zero-order valence-electron chi connectivity index (χ0n) is 15.7. The minimum atomic E-state index is -0.247. The van der Waals surface area contributed by atoms with Crippen LogP contribution in [0.5, 0.6) is 0 Å². The quantitative estimate of drug-likeness (QED) is 0.443. The van der Waals surface area contributed by atoms with Crippen LogP contribution in [-0.2, 0) is 0 Å². The van der Waals surface area contributed by atoms with Gasteiger partial charge in [-0.2, -0.15) is 16.9 Å². The number of carbonyl (C=O) groups excluding carboxylic acids is 1. The van der Waals surface area contributed by atoms with Crippen LogP contribution < -0.4 is 5.32 Å². The van der Waals surface area contributed by atoms with E-state index in [-0.39, 0.29) is 11.9 Å². The maximum absolute atomic E-state index is 12.9. The van der Waals surface area contributed by atoms with E-state index in [1.54, 1.807) is 28.8 Å². The number of nitrogens with zero attached hydrogens (tertiary/aromatic N) is 5. The van der Waals surface area contributed by atoms with Gasteiger partial charge in [0.05, 0.1) is 23.5 Å². The third-order valence-corrected chi connectivity index (χ3v) is 5.68. The lowest BCUT2D eigenvalue weighted by Crippen LogP contribution is -2.30. The number of carbonyl (C=O) groups is 1. The number of fused-ring (bicyclic) bond motifs is 1. The Morgan fingerprint density at radius 3 is 2.83 bits per heavy atom. The molecule has 0 fully saturated rings. The molecule has 148 valence electrons. The van der Waals surface area contributed by atoms with Crippen molar-refractivity contribution in [1.82, 2.24) is 29.7 Å². The third kappa shape index (κ3) is 4.35. The van der Waals surface area contributed by atoms with Crippen molar-refractivity contribution in [1.29, 1.82) is 0 Å². The normalized spacial score (nSPS) is 12.2. The molecule has 0 saturated carbocycles. The first kappa shape index (κ1) is 19.7. The number of benzene rings is 1. The van der Waals surface area contributed by atoms with Gasteiger partial charge < -0.3 is 5.32 Å². The van der Waals surface area contributed by atoms with Crippen LogP contribution in [0.4, 0.5) is 0 Å². The molecule has 4 aromatic rings. The van der Waals surface area contributed by atoms with E-state index in [4.69, 9.17) is 0 Å². The van der Waals surface area contributed by atoms with Crippen LogP contribution >= 0.6 is 27.7 Å². The monoisotopic (exact) mass is 470 g/mol. The molecule has 7 nitrogen and oxygen atoms in total. The highest BCUT2D eigenvalue weighted by Gasteiger charge is 2.21. The summed E-state index contributed by atoms with van der Waals surface area (Å²) < 4.78 is 4.59. The minimum Gasteiger partial charge on any atom is -0.342 e. The number of hydrogen-bond acceptors (Lipinski definition) is 5. The van der Waals surface area contributed by atoms with Gasteiger partial charge in [0.15, 0.2) is 11.5 Å². The zero-order valence-corrected chi connectivity index (χ0v) is 18.1. The van der Waals surface area contributed by atoms with Gasteiger partial charge in [-0.05, 0) is 54.8 Å². The molecule has 0 spiro atoms. The van der Waals surface area contributed by atoms with E-state index in [0.29, 0.717) is 5.56 Å². The van der Waals surface area contributed by atoms with E-state index in [0.717, 1.165) is 33.8 Å². The second kappa shape index (κ2) is 8.79. The van der Waals surface area contributed by atoms with Gasteiger partial charge in [0.1, 0.15) is 0 Å². The molecule has 1 atom stereocenters. The molecule has 1 amide bonds. The van der Waals surface area contributed by atoms with Crippen LogP contribution in [0.1, 0.15) is 28.6 Å². The van der Waals surface area contributed by atoms with Crippen molar-refractivity contribution in [2.45, 2.75) is 12.5 Å². The Hall–Kier alpha value is -2.65. The SMILES string of the molecule is CSCCC(NC(=O)c1cnn(-c2ccc(Br)cc2)c1)c1nnc2ccccn12. The van der Waals surface area contributed by atoms with Gasteiger partial charge in [0, 0.05) is 16.9 Å². The molecular weight excluding hydrogens is 452 g/mol. The summed E-state index contributed by atoms with van der Waals surface area (Å²) in [4.78, 5) is 12.9. The fourth-order valence-electron chi connectivity index (χ4n) is 3.02. The Morgan fingerprint density at radius 1 is 1.21 bits per heavy atom. The molecule has 3 heterocycles. The van der Waals surface area contributed by atoms with Gasteiger partial charge in [-0.1, -0.05) is 22.0 Å². The van der Waals surface area contributed by atoms with E-state index in [2.05, 4.69) is 36.5 Å². The molecule has 0 aliphatic rings. The number of thioether (sulfide) groups is 1. The number of hydrogen-bond donors (Lipinski definition) is 1. The van der Waals surface area contributed by atoms with Crippen molar-refractivity contribution < 1.29 is 4.79 Å². The molecule has 29 heavy (non-hydrogen) atoms. The number of nitrogens with one attached hydrogen (secondary N) is 1. The molecule has 4 rings (SSSR count). The summed E-state index contributed by atoms with van der Waals surface area (Å²) in [5.41, 5.74) is 2.14. The number of pyridine rings is 1. The second-order valence-corrected chi connectivity index (χ2v) is 8.35. The molecular formula is C20H19BrN6OS. The highest BCUT2D eigenvalue weighted by atomic mass is 79.9. The molecule has 1 N–H and O–H groups in total. The molecule has 1 aromatic carbocycles. The minimum absolute atomic E-state index is 0.188.